The van der Waals surface area contributed by atoms with Crippen LogP contribution in [0.25, 0.3) is 11.1 Å². The molecule has 1 N–H and O–H groups in total. The van der Waals surface area contributed by atoms with Crippen molar-refractivity contribution >= 4 is 5.91 Å². The van der Waals surface area contributed by atoms with Crippen LogP contribution in [-0.4, -0.2) is 64.1 Å². The van der Waals surface area contributed by atoms with Crippen molar-refractivity contribution in [2.45, 2.75) is 37.8 Å². The first-order chi connectivity index (χ1) is 13.2. The zero-order valence-corrected chi connectivity index (χ0v) is 15.8. The molecule has 3 atom stereocenters. The molecule has 1 aromatic heterocycles. The molecule has 0 saturated carbocycles. The minimum atomic E-state index is 0.147. The summed E-state index contributed by atoms with van der Waals surface area (Å²) in [4.78, 5) is 20.4. The van der Waals surface area contributed by atoms with E-state index in [9.17, 15) is 9.90 Å². The lowest BCUT2D eigenvalue weighted by Crippen LogP contribution is -2.67. The summed E-state index contributed by atoms with van der Waals surface area (Å²) >= 11 is 0. The highest BCUT2D eigenvalue weighted by Crippen LogP contribution is 2.42. The van der Waals surface area contributed by atoms with Crippen LogP contribution >= 0.6 is 0 Å². The molecule has 2 aliphatic rings. The number of benzene rings is 1. The topological polar surface area (TPSA) is 56.7 Å². The number of rotatable bonds is 3. The monoisotopic (exact) mass is 365 g/mol. The number of aliphatic hydroxyl groups excluding tert-OH is 1. The van der Waals surface area contributed by atoms with E-state index in [-0.39, 0.29) is 30.5 Å². The lowest BCUT2D eigenvalue weighted by atomic mass is 9.74. The van der Waals surface area contributed by atoms with Gasteiger partial charge in [0, 0.05) is 50.4 Å². The molecule has 2 aromatic rings. The molecule has 142 valence electrons. The van der Waals surface area contributed by atoms with Crippen molar-refractivity contribution in [3.8, 4) is 11.1 Å². The summed E-state index contributed by atoms with van der Waals surface area (Å²) in [6.45, 7) is 4.42. The molecule has 3 heterocycles. The molecule has 2 fully saturated rings. The first-order valence-electron chi connectivity index (χ1n) is 9.81. The van der Waals surface area contributed by atoms with Gasteiger partial charge in [-0.05, 0) is 48.2 Å². The zero-order valence-electron chi connectivity index (χ0n) is 15.8. The van der Waals surface area contributed by atoms with Gasteiger partial charge in [-0.1, -0.05) is 24.3 Å². The van der Waals surface area contributed by atoms with Crippen molar-refractivity contribution in [1.29, 1.82) is 0 Å². The largest absolute Gasteiger partial charge is 0.395 e. The molecule has 27 heavy (non-hydrogen) atoms. The predicted molar refractivity (Wildman–Crippen MR) is 105 cm³/mol. The lowest BCUT2D eigenvalue weighted by Gasteiger charge is -2.57. The van der Waals surface area contributed by atoms with Gasteiger partial charge < -0.3 is 10.0 Å². The third-order valence-electron chi connectivity index (χ3n) is 6.12. The van der Waals surface area contributed by atoms with Crippen molar-refractivity contribution in [3.63, 3.8) is 0 Å². The summed E-state index contributed by atoms with van der Waals surface area (Å²) in [7, 11) is 0. The van der Waals surface area contributed by atoms with E-state index in [1.807, 2.05) is 17.0 Å². The molecule has 5 heteroatoms. The Labute approximate surface area is 160 Å². The number of nitrogens with zero attached hydrogens (tertiary/aromatic N) is 3. The summed E-state index contributed by atoms with van der Waals surface area (Å²) in [5.41, 5.74) is 3.57. The van der Waals surface area contributed by atoms with Crippen LogP contribution in [0.15, 0.2) is 48.8 Å². The summed E-state index contributed by atoms with van der Waals surface area (Å²) in [5.74, 6) is 0.414. The minimum Gasteiger partial charge on any atom is -0.395 e. The summed E-state index contributed by atoms with van der Waals surface area (Å²) in [6.07, 6.45) is 5.72. The van der Waals surface area contributed by atoms with Gasteiger partial charge in [0.1, 0.15) is 0 Å². The molecule has 0 bridgehead atoms. The molecule has 0 unspecified atom stereocenters. The maximum Gasteiger partial charge on any atom is 0.219 e. The van der Waals surface area contributed by atoms with Crippen molar-refractivity contribution in [2.24, 2.45) is 0 Å². The molecule has 5 nitrogen and oxygen atoms in total. The molecule has 2 saturated heterocycles. The molecular formula is C22H27N3O2. The van der Waals surface area contributed by atoms with Crippen molar-refractivity contribution < 1.29 is 9.90 Å². The summed E-state index contributed by atoms with van der Waals surface area (Å²) < 4.78 is 0. The third-order valence-corrected chi connectivity index (χ3v) is 6.12. The highest BCUT2D eigenvalue weighted by atomic mass is 16.3. The standard InChI is InChI=1S/C22H27N3O2/c1-16(27)24-12-2-3-13-25-20(14-24)22(21(25)15-26)19-6-4-17(5-7-19)18-8-10-23-11-9-18/h4-11,20-22,26H,2-3,12-15H2,1H3/t20-,21-,22+/m0/s1. The Hall–Kier alpha value is -2.24. The second kappa shape index (κ2) is 7.79. The van der Waals surface area contributed by atoms with E-state index in [1.165, 1.54) is 11.1 Å². The Bertz CT molecular complexity index is 778. The van der Waals surface area contributed by atoms with Crippen molar-refractivity contribution in [1.82, 2.24) is 14.8 Å². The van der Waals surface area contributed by atoms with Crippen LogP contribution < -0.4 is 0 Å². The fourth-order valence-electron chi connectivity index (χ4n) is 4.67. The number of hydrogen-bond acceptors (Lipinski definition) is 4. The van der Waals surface area contributed by atoms with Crippen LogP contribution in [0, 0.1) is 0 Å². The average molecular weight is 365 g/mol. The highest BCUT2D eigenvalue weighted by Gasteiger charge is 2.49. The van der Waals surface area contributed by atoms with Crippen LogP contribution in [-0.2, 0) is 4.79 Å². The molecule has 0 spiro atoms. The molecular weight excluding hydrogens is 338 g/mol. The quantitative estimate of drug-likeness (QED) is 0.908. The van der Waals surface area contributed by atoms with E-state index in [4.69, 9.17) is 0 Å². The molecule has 1 amide bonds. The Morgan fingerprint density at radius 2 is 1.74 bits per heavy atom. The smallest absolute Gasteiger partial charge is 0.219 e. The zero-order chi connectivity index (χ0) is 18.8. The van der Waals surface area contributed by atoms with Gasteiger partial charge in [-0.2, -0.15) is 0 Å². The van der Waals surface area contributed by atoms with Crippen molar-refractivity contribution in [3.05, 3.63) is 54.4 Å². The van der Waals surface area contributed by atoms with E-state index in [0.717, 1.165) is 38.0 Å². The maximum absolute atomic E-state index is 12.0. The SMILES string of the molecule is CC(=O)N1CCCCN2[C@@H](CO)[C@H](c3ccc(-c4ccncc4)cc3)[C@@H]2C1. The van der Waals surface area contributed by atoms with E-state index >= 15 is 0 Å². The van der Waals surface area contributed by atoms with Crippen LogP contribution in [0.5, 0.6) is 0 Å². The van der Waals surface area contributed by atoms with Gasteiger partial charge >= 0.3 is 0 Å². The first-order valence-corrected chi connectivity index (χ1v) is 9.81. The number of fused-ring (bicyclic) bond motifs is 1. The van der Waals surface area contributed by atoms with Crippen LogP contribution in [0.4, 0.5) is 0 Å². The second-order valence-corrected chi connectivity index (χ2v) is 7.61. The Kier molecular flexibility index (Phi) is 5.23. The normalized spacial score (nSPS) is 25.9. The van der Waals surface area contributed by atoms with E-state index in [0.29, 0.717) is 0 Å². The van der Waals surface area contributed by atoms with Gasteiger partial charge in [-0.25, -0.2) is 0 Å². The van der Waals surface area contributed by atoms with Gasteiger partial charge in [-0.3, -0.25) is 14.7 Å². The predicted octanol–water partition coefficient (Wildman–Crippen LogP) is 2.52. The van der Waals surface area contributed by atoms with E-state index in [2.05, 4.69) is 34.1 Å². The highest BCUT2D eigenvalue weighted by molar-refractivity contribution is 5.73. The van der Waals surface area contributed by atoms with Crippen LogP contribution in [0.3, 0.4) is 0 Å². The molecule has 4 rings (SSSR count). The fourth-order valence-corrected chi connectivity index (χ4v) is 4.67. The Morgan fingerprint density at radius 1 is 1.07 bits per heavy atom. The van der Waals surface area contributed by atoms with Gasteiger partial charge in [0.2, 0.25) is 5.91 Å². The fraction of sp³-hybridized carbons (Fsp3) is 0.455. The number of carbonyl (C=O) groups is 1. The van der Waals surface area contributed by atoms with Crippen LogP contribution in [0.2, 0.25) is 0 Å². The summed E-state index contributed by atoms with van der Waals surface area (Å²) in [6, 6.07) is 13.1. The Morgan fingerprint density at radius 3 is 2.41 bits per heavy atom. The first kappa shape index (κ1) is 18.1. The van der Waals surface area contributed by atoms with Gasteiger partial charge in [0.15, 0.2) is 0 Å². The van der Waals surface area contributed by atoms with Gasteiger partial charge in [-0.15, -0.1) is 0 Å². The number of pyridine rings is 1. The van der Waals surface area contributed by atoms with Crippen molar-refractivity contribution in [2.75, 3.05) is 26.2 Å². The average Bonchev–Trinajstić information content (AvgIpc) is 2.67. The number of aromatic nitrogens is 1. The molecule has 0 radical (unpaired) electrons. The third kappa shape index (κ3) is 3.49. The lowest BCUT2D eigenvalue weighted by molar-refractivity contribution is -0.134. The molecule has 0 aliphatic carbocycles. The molecule has 2 aliphatic heterocycles. The number of carbonyl (C=O) groups excluding carboxylic acids is 1. The number of hydrogen-bond donors (Lipinski definition) is 1. The van der Waals surface area contributed by atoms with Gasteiger partial charge in [0.25, 0.3) is 0 Å². The minimum absolute atomic E-state index is 0.147. The Balaban J connectivity index is 1.58. The maximum atomic E-state index is 12.0. The number of aliphatic hydroxyl groups is 1. The van der Waals surface area contributed by atoms with E-state index < -0.39 is 0 Å². The summed E-state index contributed by atoms with van der Waals surface area (Å²) in [5, 5.41) is 10.00. The second-order valence-electron chi connectivity index (χ2n) is 7.61. The van der Waals surface area contributed by atoms with E-state index in [1.54, 1.807) is 19.3 Å². The number of amides is 1. The van der Waals surface area contributed by atoms with Gasteiger partial charge in [0.05, 0.1) is 6.61 Å². The molecule has 1 aromatic carbocycles. The van der Waals surface area contributed by atoms with Crippen LogP contribution in [0.1, 0.15) is 31.2 Å².